The second-order valence-electron chi connectivity index (χ2n) is 6.04. The lowest BCUT2D eigenvalue weighted by atomic mass is 9.84. The molecule has 0 bridgehead atoms. The van der Waals surface area contributed by atoms with Crippen molar-refractivity contribution < 1.29 is 0 Å². The summed E-state index contributed by atoms with van der Waals surface area (Å²) in [6, 6.07) is 1.14. The van der Waals surface area contributed by atoms with E-state index >= 15 is 0 Å². The van der Waals surface area contributed by atoms with E-state index in [-0.39, 0.29) is 5.54 Å². The molecule has 4 heteroatoms. The number of fused-ring (bicyclic) bond motifs is 2. The average Bonchev–Trinajstić information content (AvgIpc) is 2.83. The Morgan fingerprint density at radius 3 is 2.94 bits per heavy atom. The van der Waals surface area contributed by atoms with Crippen LogP contribution in [0.4, 0.5) is 0 Å². The molecular formula is C13H24N4. The Kier molecular flexibility index (Phi) is 2.58. The van der Waals surface area contributed by atoms with Crippen molar-refractivity contribution in [2.45, 2.75) is 57.2 Å². The maximum Gasteiger partial charge on any atom is 0.192 e. The van der Waals surface area contributed by atoms with Gasteiger partial charge in [-0.15, -0.1) is 0 Å². The van der Waals surface area contributed by atoms with Gasteiger partial charge in [0.05, 0.1) is 12.1 Å². The fourth-order valence-corrected chi connectivity index (χ4v) is 4.21. The van der Waals surface area contributed by atoms with Crippen LogP contribution in [0.2, 0.25) is 0 Å². The van der Waals surface area contributed by atoms with E-state index in [1.807, 2.05) is 0 Å². The lowest BCUT2D eigenvalue weighted by Gasteiger charge is -2.46. The molecule has 3 heterocycles. The summed E-state index contributed by atoms with van der Waals surface area (Å²) in [6.45, 7) is 7.90. The van der Waals surface area contributed by atoms with E-state index in [2.05, 4.69) is 28.6 Å². The fourth-order valence-electron chi connectivity index (χ4n) is 4.21. The zero-order valence-corrected chi connectivity index (χ0v) is 11.0. The Morgan fingerprint density at radius 2 is 2.18 bits per heavy atom. The molecule has 0 saturated carbocycles. The Morgan fingerprint density at radius 1 is 1.35 bits per heavy atom. The summed E-state index contributed by atoms with van der Waals surface area (Å²) in [5.74, 6) is 0.771. The highest BCUT2D eigenvalue weighted by atomic mass is 15.4. The van der Waals surface area contributed by atoms with Crippen LogP contribution >= 0.6 is 0 Å². The Labute approximate surface area is 104 Å². The Balaban J connectivity index is 1.91. The monoisotopic (exact) mass is 236 g/mol. The smallest absolute Gasteiger partial charge is 0.192 e. The van der Waals surface area contributed by atoms with E-state index in [1.54, 1.807) is 0 Å². The van der Waals surface area contributed by atoms with Gasteiger partial charge in [0.25, 0.3) is 0 Å². The molecule has 96 valence electrons. The molecule has 0 aromatic heterocycles. The second-order valence-corrected chi connectivity index (χ2v) is 6.04. The number of piperidine rings is 1. The normalized spacial score (nSPS) is 37.9. The van der Waals surface area contributed by atoms with Gasteiger partial charge < -0.3 is 10.6 Å². The van der Waals surface area contributed by atoms with Crippen molar-refractivity contribution in [3.63, 3.8) is 0 Å². The van der Waals surface area contributed by atoms with Crippen molar-refractivity contribution in [2.24, 2.45) is 10.7 Å². The first-order chi connectivity index (χ1) is 8.15. The maximum absolute atomic E-state index is 6.11. The largest absolute Gasteiger partial charge is 0.370 e. The van der Waals surface area contributed by atoms with E-state index in [4.69, 9.17) is 5.73 Å². The van der Waals surface area contributed by atoms with Gasteiger partial charge in [0.15, 0.2) is 5.96 Å². The third-order valence-corrected chi connectivity index (χ3v) is 4.82. The first-order valence-corrected chi connectivity index (χ1v) is 6.98. The van der Waals surface area contributed by atoms with Crippen LogP contribution < -0.4 is 5.73 Å². The number of nitrogens with two attached hydrogens (primary N) is 1. The molecule has 0 aliphatic carbocycles. The number of hydrogen-bond acceptors (Lipinski definition) is 4. The van der Waals surface area contributed by atoms with Gasteiger partial charge in [0.2, 0.25) is 0 Å². The second kappa shape index (κ2) is 3.87. The van der Waals surface area contributed by atoms with Crippen LogP contribution in [-0.4, -0.2) is 53.0 Å². The quantitative estimate of drug-likeness (QED) is 0.739. The van der Waals surface area contributed by atoms with E-state index in [9.17, 15) is 0 Å². The minimum absolute atomic E-state index is 0.221. The molecule has 4 nitrogen and oxygen atoms in total. The molecule has 0 aromatic rings. The Hall–Kier alpha value is -0.770. The highest BCUT2D eigenvalue weighted by Gasteiger charge is 2.55. The maximum atomic E-state index is 6.11. The van der Waals surface area contributed by atoms with Crippen molar-refractivity contribution in [3.05, 3.63) is 0 Å². The summed E-state index contributed by atoms with van der Waals surface area (Å²) < 4.78 is 0. The van der Waals surface area contributed by atoms with Crippen LogP contribution in [0.15, 0.2) is 4.99 Å². The summed E-state index contributed by atoms with van der Waals surface area (Å²) in [7, 11) is 0. The Bertz CT molecular complexity index is 338. The van der Waals surface area contributed by atoms with Crippen LogP contribution in [-0.2, 0) is 0 Å². The average molecular weight is 236 g/mol. The number of nitrogens with zero attached hydrogens (tertiary/aromatic N) is 3. The standard InChI is InChI=1S/C13H24N4/c1-10(2)17-12(14)15-9-13(17)6-8-16-7-4-3-5-11(13)16/h10-11H,3-9H2,1-2H3,(H2,14,15). The zero-order chi connectivity index (χ0) is 12.0. The van der Waals surface area contributed by atoms with Crippen molar-refractivity contribution >= 4 is 5.96 Å². The van der Waals surface area contributed by atoms with E-state index in [0.29, 0.717) is 12.1 Å². The van der Waals surface area contributed by atoms with Crippen LogP contribution in [0.5, 0.6) is 0 Å². The molecule has 3 aliphatic heterocycles. The number of hydrogen-bond donors (Lipinski definition) is 1. The van der Waals surface area contributed by atoms with Gasteiger partial charge in [-0.3, -0.25) is 9.89 Å². The van der Waals surface area contributed by atoms with Gasteiger partial charge in [-0.25, -0.2) is 0 Å². The van der Waals surface area contributed by atoms with Crippen LogP contribution in [0.25, 0.3) is 0 Å². The predicted molar refractivity (Wildman–Crippen MR) is 70.0 cm³/mol. The van der Waals surface area contributed by atoms with Gasteiger partial charge >= 0.3 is 0 Å². The van der Waals surface area contributed by atoms with Crippen LogP contribution in [0.3, 0.4) is 0 Å². The number of rotatable bonds is 1. The van der Waals surface area contributed by atoms with Crippen LogP contribution in [0, 0.1) is 0 Å². The van der Waals surface area contributed by atoms with E-state index in [1.165, 1.54) is 38.8 Å². The minimum Gasteiger partial charge on any atom is -0.370 e. The predicted octanol–water partition coefficient (Wildman–Crippen LogP) is 1.02. The lowest BCUT2D eigenvalue weighted by Crippen LogP contribution is -2.61. The van der Waals surface area contributed by atoms with Gasteiger partial charge in [0, 0.05) is 18.6 Å². The van der Waals surface area contributed by atoms with Crippen molar-refractivity contribution in [2.75, 3.05) is 19.6 Å². The highest BCUT2D eigenvalue weighted by Crippen LogP contribution is 2.42. The molecule has 2 fully saturated rings. The molecular weight excluding hydrogens is 212 g/mol. The molecule has 2 unspecified atom stereocenters. The van der Waals surface area contributed by atoms with Crippen LogP contribution in [0.1, 0.15) is 39.5 Å². The molecule has 3 rings (SSSR count). The highest BCUT2D eigenvalue weighted by molar-refractivity contribution is 5.81. The molecule has 2 saturated heterocycles. The van der Waals surface area contributed by atoms with Crippen molar-refractivity contribution in [1.29, 1.82) is 0 Å². The molecule has 2 N–H and O–H groups in total. The molecule has 1 spiro atoms. The summed E-state index contributed by atoms with van der Waals surface area (Å²) in [6.07, 6.45) is 5.30. The SMILES string of the molecule is CC(C)N1C(N)=NCC12CCN1CCCCC12. The first kappa shape index (κ1) is 11.3. The topological polar surface area (TPSA) is 44.9 Å². The molecule has 3 aliphatic rings. The van der Waals surface area contributed by atoms with Gasteiger partial charge in [-0.2, -0.15) is 0 Å². The van der Waals surface area contributed by atoms with Gasteiger partial charge in [-0.05, 0) is 39.7 Å². The molecule has 17 heavy (non-hydrogen) atoms. The van der Waals surface area contributed by atoms with E-state index in [0.717, 1.165) is 12.5 Å². The lowest BCUT2D eigenvalue weighted by molar-refractivity contribution is 0.0798. The fraction of sp³-hybridized carbons (Fsp3) is 0.923. The number of aliphatic imine (C=N–C) groups is 1. The van der Waals surface area contributed by atoms with Crippen molar-refractivity contribution in [3.8, 4) is 0 Å². The molecule has 0 aromatic carbocycles. The zero-order valence-electron chi connectivity index (χ0n) is 11.0. The minimum atomic E-state index is 0.221. The number of guanidine groups is 1. The molecule has 0 radical (unpaired) electrons. The summed E-state index contributed by atoms with van der Waals surface area (Å²) in [4.78, 5) is 9.64. The summed E-state index contributed by atoms with van der Waals surface area (Å²) in [5.41, 5.74) is 6.33. The third kappa shape index (κ3) is 1.49. The van der Waals surface area contributed by atoms with Gasteiger partial charge in [-0.1, -0.05) is 6.42 Å². The van der Waals surface area contributed by atoms with E-state index < -0.39 is 0 Å². The summed E-state index contributed by atoms with van der Waals surface area (Å²) in [5, 5.41) is 0. The molecule has 0 amide bonds. The third-order valence-electron chi connectivity index (χ3n) is 4.82. The summed E-state index contributed by atoms with van der Waals surface area (Å²) >= 11 is 0. The van der Waals surface area contributed by atoms with Crippen molar-refractivity contribution in [1.82, 2.24) is 9.80 Å². The first-order valence-electron chi connectivity index (χ1n) is 6.98. The molecule has 2 atom stereocenters. The van der Waals surface area contributed by atoms with Gasteiger partial charge in [0.1, 0.15) is 0 Å².